The summed E-state index contributed by atoms with van der Waals surface area (Å²) in [5.74, 6) is 0.859. The van der Waals surface area contributed by atoms with Gasteiger partial charge < -0.3 is 10.1 Å². The molecule has 6 nitrogen and oxygen atoms in total. The molecule has 1 fully saturated rings. The molecule has 2 aliphatic heterocycles. The van der Waals surface area contributed by atoms with Crippen LogP contribution in [0, 0.1) is 0 Å². The molecule has 4 rings (SSSR count). The first-order valence-corrected chi connectivity index (χ1v) is 11.7. The number of carbonyl (C=O) groups is 1. The molecular formula is C20H25N3O3S2. The Kier molecular flexibility index (Phi) is 5.37. The van der Waals surface area contributed by atoms with Gasteiger partial charge in [-0.2, -0.15) is 0 Å². The number of amides is 1. The normalized spacial score (nSPS) is 24.3. The van der Waals surface area contributed by atoms with E-state index in [-0.39, 0.29) is 28.4 Å². The van der Waals surface area contributed by atoms with E-state index in [0.717, 1.165) is 18.4 Å². The van der Waals surface area contributed by atoms with Gasteiger partial charge in [0.15, 0.2) is 0 Å². The van der Waals surface area contributed by atoms with Gasteiger partial charge in [0.25, 0.3) is 5.56 Å². The van der Waals surface area contributed by atoms with E-state index in [1.54, 1.807) is 11.8 Å². The van der Waals surface area contributed by atoms with Crippen molar-refractivity contribution in [2.75, 3.05) is 23.9 Å². The Morgan fingerprint density at radius 3 is 2.68 bits per heavy atom. The molecule has 1 amide bonds. The number of aromatic nitrogens is 2. The minimum absolute atomic E-state index is 0.0754. The number of H-pyrrole nitrogens is 1. The predicted octanol–water partition coefficient (Wildman–Crippen LogP) is 3.80. The van der Waals surface area contributed by atoms with Crippen LogP contribution in [-0.4, -0.2) is 39.9 Å². The number of benzene rings is 1. The molecule has 28 heavy (non-hydrogen) atoms. The van der Waals surface area contributed by atoms with Crippen LogP contribution in [0.1, 0.15) is 49.1 Å². The predicted molar refractivity (Wildman–Crippen MR) is 115 cm³/mol. The van der Waals surface area contributed by atoms with Crippen LogP contribution < -0.4 is 10.9 Å². The summed E-state index contributed by atoms with van der Waals surface area (Å²) in [5, 5.41) is 5.81. The summed E-state index contributed by atoms with van der Waals surface area (Å²) in [6.45, 7) is 4.75. The van der Waals surface area contributed by atoms with Crippen LogP contribution in [0.2, 0.25) is 0 Å². The van der Waals surface area contributed by atoms with Crippen molar-refractivity contribution in [1.29, 1.82) is 0 Å². The van der Waals surface area contributed by atoms with E-state index >= 15 is 0 Å². The van der Waals surface area contributed by atoms with Crippen LogP contribution in [0.5, 0.6) is 0 Å². The fourth-order valence-corrected chi connectivity index (χ4v) is 5.51. The van der Waals surface area contributed by atoms with Crippen molar-refractivity contribution in [1.82, 2.24) is 9.78 Å². The molecule has 2 atom stereocenters. The summed E-state index contributed by atoms with van der Waals surface area (Å²) < 4.78 is 7.70. The van der Waals surface area contributed by atoms with E-state index < -0.39 is 0 Å². The minimum Gasteiger partial charge on any atom is -0.375 e. The first-order valence-electron chi connectivity index (χ1n) is 9.42. The third-order valence-corrected chi connectivity index (χ3v) is 7.33. The van der Waals surface area contributed by atoms with Crippen LogP contribution in [0.15, 0.2) is 34.0 Å². The zero-order valence-electron chi connectivity index (χ0n) is 16.3. The summed E-state index contributed by atoms with van der Waals surface area (Å²) in [7, 11) is 0. The maximum atomic E-state index is 13.0. The number of aromatic amines is 1. The lowest BCUT2D eigenvalue weighted by atomic mass is 9.94. The third-order valence-electron chi connectivity index (χ3n) is 5.32. The number of carbonyl (C=O) groups excluding carboxylic acids is 1. The summed E-state index contributed by atoms with van der Waals surface area (Å²) in [6, 6.07) is 8.32. The highest BCUT2D eigenvalue weighted by molar-refractivity contribution is 8.00. The molecule has 1 aromatic heterocycles. The Bertz CT molecular complexity index is 933. The molecule has 1 aromatic carbocycles. The third kappa shape index (κ3) is 3.77. The van der Waals surface area contributed by atoms with Crippen molar-refractivity contribution >= 4 is 35.2 Å². The fraction of sp³-hybridized carbons (Fsp3) is 0.500. The molecule has 1 saturated heterocycles. The first kappa shape index (κ1) is 19.7. The van der Waals surface area contributed by atoms with Crippen LogP contribution >= 0.6 is 23.5 Å². The van der Waals surface area contributed by atoms with Gasteiger partial charge in [-0.3, -0.25) is 19.4 Å². The van der Waals surface area contributed by atoms with Crippen molar-refractivity contribution in [3.63, 3.8) is 0 Å². The topological polar surface area (TPSA) is 76.1 Å². The van der Waals surface area contributed by atoms with Gasteiger partial charge >= 0.3 is 0 Å². The Labute approximate surface area is 172 Å². The number of thioether (sulfide) groups is 2. The standard InChI is InChI=1S/C20H25N3O3S2/c1-20(2)10-13(8-9-26-20)23-18-16(19(25)22-23)17(28-11-15(24)21-18)12-4-6-14(27-3)7-5-12/h4-7,13,17H,8-11H2,1-3H3,(H,21,24)(H,22,25). The van der Waals surface area contributed by atoms with E-state index in [0.29, 0.717) is 23.7 Å². The van der Waals surface area contributed by atoms with E-state index in [4.69, 9.17) is 4.74 Å². The maximum absolute atomic E-state index is 13.0. The SMILES string of the molecule is CSc1ccc(C2SCC(=O)Nc3c2c(=O)[nH]n3C2CCOC(C)(C)C2)cc1. The number of fused-ring (bicyclic) bond motifs is 1. The lowest BCUT2D eigenvalue weighted by Crippen LogP contribution is -2.36. The van der Waals surface area contributed by atoms with E-state index in [2.05, 4.69) is 48.5 Å². The van der Waals surface area contributed by atoms with Crippen molar-refractivity contribution in [3.8, 4) is 0 Å². The highest BCUT2D eigenvalue weighted by Crippen LogP contribution is 2.42. The number of nitrogens with zero attached hydrogens (tertiary/aromatic N) is 1. The largest absolute Gasteiger partial charge is 0.375 e. The number of rotatable bonds is 3. The fourth-order valence-electron chi connectivity index (χ4n) is 3.98. The van der Waals surface area contributed by atoms with Crippen molar-refractivity contribution < 1.29 is 9.53 Å². The second kappa shape index (κ2) is 7.65. The zero-order chi connectivity index (χ0) is 19.9. The molecule has 2 N–H and O–H groups in total. The Hall–Kier alpha value is -1.64. The monoisotopic (exact) mass is 419 g/mol. The summed E-state index contributed by atoms with van der Waals surface area (Å²) in [4.78, 5) is 26.6. The average Bonchev–Trinajstić information content (AvgIpc) is 2.87. The molecule has 150 valence electrons. The van der Waals surface area contributed by atoms with E-state index in [1.165, 1.54) is 16.7 Å². The van der Waals surface area contributed by atoms with Gasteiger partial charge in [0.05, 0.1) is 28.2 Å². The Balaban J connectivity index is 1.77. The lowest BCUT2D eigenvalue weighted by molar-refractivity contribution is -0.113. The maximum Gasteiger partial charge on any atom is 0.270 e. The number of hydrogen-bond acceptors (Lipinski definition) is 5. The quantitative estimate of drug-likeness (QED) is 0.740. The molecule has 0 aliphatic carbocycles. The van der Waals surface area contributed by atoms with E-state index in [1.807, 2.05) is 10.9 Å². The molecule has 0 radical (unpaired) electrons. The molecule has 2 aromatic rings. The van der Waals surface area contributed by atoms with Crippen molar-refractivity contribution in [2.45, 2.75) is 48.5 Å². The van der Waals surface area contributed by atoms with Crippen LogP contribution in [0.3, 0.4) is 0 Å². The summed E-state index contributed by atoms with van der Waals surface area (Å²) in [6.07, 6.45) is 3.62. The van der Waals surface area contributed by atoms with Gasteiger partial charge in [0.1, 0.15) is 5.82 Å². The first-order chi connectivity index (χ1) is 13.4. The molecule has 3 heterocycles. The Morgan fingerprint density at radius 1 is 1.25 bits per heavy atom. The number of hydrogen-bond donors (Lipinski definition) is 2. The van der Waals surface area contributed by atoms with E-state index in [9.17, 15) is 9.59 Å². The number of anilines is 1. The molecule has 2 aliphatic rings. The molecule has 0 spiro atoms. The summed E-state index contributed by atoms with van der Waals surface area (Å²) >= 11 is 3.18. The molecule has 8 heteroatoms. The lowest BCUT2D eigenvalue weighted by Gasteiger charge is -2.36. The molecular weight excluding hydrogens is 394 g/mol. The number of ether oxygens (including phenoxy) is 1. The highest BCUT2D eigenvalue weighted by atomic mass is 32.2. The minimum atomic E-state index is -0.256. The highest BCUT2D eigenvalue weighted by Gasteiger charge is 2.35. The van der Waals surface area contributed by atoms with Crippen molar-refractivity contribution in [3.05, 3.63) is 45.7 Å². The van der Waals surface area contributed by atoms with Crippen LogP contribution in [-0.2, 0) is 9.53 Å². The van der Waals surface area contributed by atoms with Gasteiger partial charge in [-0.15, -0.1) is 23.5 Å². The average molecular weight is 420 g/mol. The molecule has 2 unspecified atom stereocenters. The second-order valence-corrected chi connectivity index (χ2v) is 9.81. The molecule has 0 saturated carbocycles. The second-order valence-electron chi connectivity index (χ2n) is 7.84. The van der Waals surface area contributed by atoms with Gasteiger partial charge in [-0.1, -0.05) is 12.1 Å². The summed E-state index contributed by atoms with van der Waals surface area (Å²) in [5.41, 5.74) is 1.29. The smallest absolute Gasteiger partial charge is 0.270 e. The van der Waals surface area contributed by atoms with Gasteiger partial charge in [-0.25, -0.2) is 0 Å². The van der Waals surface area contributed by atoms with Crippen molar-refractivity contribution in [2.24, 2.45) is 0 Å². The van der Waals surface area contributed by atoms with Gasteiger partial charge in [0.2, 0.25) is 5.91 Å². The van der Waals surface area contributed by atoms with Crippen LogP contribution in [0.25, 0.3) is 0 Å². The Morgan fingerprint density at radius 2 is 2.00 bits per heavy atom. The van der Waals surface area contributed by atoms with Crippen LogP contribution in [0.4, 0.5) is 5.82 Å². The van der Waals surface area contributed by atoms with Gasteiger partial charge in [0, 0.05) is 11.5 Å². The molecule has 0 bridgehead atoms. The number of nitrogens with one attached hydrogen (secondary N) is 2. The van der Waals surface area contributed by atoms with Gasteiger partial charge in [-0.05, 0) is 50.6 Å². The zero-order valence-corrected chi connectivity index (χ0v) is 17.9.